The summed E-state index contributed by atoms with van der Waals surface area (Å²) in [4.78, 5) is 54.7. The van der Waals surface area contributed by atoms with E-state index in [1.165, 1.54) is 23.9 Å². The minimum atomic E-state index is -4.24. The fraction of sp³-hybridized carbons (Fsp3) is 0.733. The highest BCUT2D eigenvalue weighted by Crippen LogP contribution is 2.53. The summed E-state index contributed by atoms with van der Waals surface area (Å²) in [7, 11) is -2.85. The molecule has 11 nitrogen and oxygen atoms in total. The Bertz CT molecular complexity index is 912. The molecule has 0 aromatic carbocycles. The molecule has 5 atom stereocenters. The van der Waals surface area contributed by atoms with Gasteiger partial charge in [-0.25, -0.2) is 4.79 Å². The van der Waals surface area contributed by atoms with Gasteiger partial charge in [-0.3, -0.25) is 18.9 Å². The van der Waals surface area contributed by atoms with Gasteiger partial charge in [-0.05, 0) is 44.4 Å². The SMILES string of the molecule is CO[C@@H]1[C@@H](CCP(=O)(O)O)C[C@H](n2ccc(=O)[nH]c2=O)[C@@H]1OP(O)(=S)OC(C)C. The number of aromatic amines is 1. The molecule has 1 aliphatic carbocycles. The van der Waals surface area contributed by atoms with E-state index in [9.17, 15) is 28.8 Å². The van der Waals surface area contributed by atoms with Crippen LogP contribution in [0.5, 0.6) is 0 Å². The van der Waals surface area contributed by atoms with E-state index in [0.717, 1.165) is 0 Å². The monoisotopic (exact) mass is 472 g/mol. The molecule has 14 heteroatoms. The van der Waals surface area contributed by atoms with Crippen LogP contribution in [-0.2, 0) is 30.2 Å². The molecule has 0 aliphatic heterocycles. The molecule has 1 aromatic rings. The largest absolute Gasteiger partial charge is 0.378 e. The highest BCUT2D eigenvalue weighted by Gasteiger charge is 2.48. The van der Waals surface area contributed by atoms with Crippen molar-refractivity contribution in [3.63, 3.8) is 0 Å². The van der Waals surface area contributed by atoms with Crippen molar-refractivity contribution < 1.29 is 33.0 Å². The molecule has 2 rings (SSSR count). The number of H-pyrrole nitrogens is 1. The number of aromatic nitrogens is 2. The van der Waals surface area contributed by atoms with Crippen molar-refractivity contribution in [3.05, 3.63) is 33.1 Å². The number of nitrogens with zero attached hydrogens (tertiary/aromatic N) is 1. The van der Waals surface area contributed by atoms with Gasteiger partial charge in [-0.15, -0.1) is 0 Å². The van der Waals surface area contributed by atoms with E-state index < -0.39 is 55.8 Å². The second kappa shape index (κ2) is 9.64. The zero-order chi connectivity index (χ0) is 22.0. The minimum Gasteiger partial charge on any atom is -0.378 e. The van der Waals surface area contributed by atoms with Crippen LogP contribution in [0.15, 0.2) is 21.9 Å². The Kier molecular flexibility index (Phi) is 8.17. The lowest BCUT2D eigenvalue weighted by Gasteiger charge is -2.30. The molecule has 0 amide bonds. The lowest BCUT2D eigenvalue weighted by molar-refractivity contribution is -0.0218. The van der Waals surface area contributed by atoms with E-state index >= 15 is 0 Å². The number of ether oxygens (including phenoxy) is 1. The van der Waals surface area contributed by atoms with Gasteiger partial charge in [-0.1, -0.05) is 0 Å². The van der Waals surface area contributed by atoms with Crippen LogP contribution in [0.1, 0.15) is 32.7 Å². The first-order valence-electron chi connectivity index (χ1n) is 8.91. The Balaban J connectivity index is 2.40. The topological polar surface area (TPSA) is 160 Å². The lowest BCUT2D eigenvalue weighted by atomic mass is 10.0. The number of nitrogens with one attached hydrogen (secondary N) is 1. The maximum Gasteiger partial charge on any atom is 0.328 e. The summed E-state index contributed by atoms with van der Waals surface area (Å²) in [6.45, 7) is -0.343. The van der Waals surface area contributed by atoms with Crippen LogP contribution < -0.4 is 11.2 Å². The number of hydrogen-bond donors (Lipinski definition) is 4. The van der Waals surface area contributed by atoms with E-state index in [0.29, 0.717) is 0 Å². The first-order chi connectivity index (χ1) is 13.3. The molecule has 0 bridgehead atoms. The summed E-state index contributed by atoms with van der Waals surface area (Å²) >= 11 is 5.07. The fourth-order valence-corrected chi connectivity index (χ4v) is 6.18. The maximum atomic E-state index is 12.3. The predicted molar refractivity (Wildman–Crippen MR) is 108 cm³/mol. The first kappa shape index (κ1) is 24.6. The van der Waals surface area contributed by atoms with Crippen LogP contribution in [0.4, 0.5) is 0 Å². The van der Waals surface area contributed by atoms with Crippen molar-refractivity contribution in [2.24, 2.45) is 5.92 Å². The van der Waals surface area contributed by atoms with Gasteiger partial charge in [0.1, 0.15) is 6.10 Å². The van der Waals surface area contributed by atoms with E-state index in [2.05, 4.69) is 4.98 Å². The van der Waals surface area contributed by atoms with Gasteiger partial charge in [0.15, 0.2) is 0 Å². The summed E-state index contributed by atoms with van der Waals surface area (Å²) in [6.07, 6.45) is -0.760. The van der Waals surface area contributed by atoms with Crippen LogP contribution in [-0.4, -0.2) is 55.8 Å². The van der Waals surface area contributed by atoms with Crippen LogP contribution in [0.2, 0.25) is 0 Å². The molecule has 0 saturated heterocycles. The molecule has 166 valence electrons. The molecule has 0 radical (unpaired) electrons. The maximum absolute atomic E-state index is 12.3. The molecule has 0 spiro atoms. The zero-order valence-electron chi connectivity index (χ0n) is 16.2. The molecular weight excluding hydrogens is 446 g/mol. The van der Waals surface area contributed by atoms with Gasteiger partial charge in [0, 0.05) is 19.4 Å². The van der Waals surface area contributed by atoms with Crippen LogP contribution >= 0.6 is 14.3 Å². The van der Waals surface area contributed by atoms with Crippen molar-refractivity contribution in [1.29, 1.82) is 0 Å². The third-order valence-corrected chi connectivity index (χ3v) is 7.14. The molecule has 29 heavy (non-hydrogen) atoms. The molecule has 4 N–H and O–H groups in total. The van der Waals surface area contributed by atoms with E-state index in [4.69, 9.17) is 25.6 Å². The van der Waals surface area contributed by atoms with Crippen molar-refractivity contribution in [2.45, 2.75) is 51.0 Å². The minimum absolute atomic E-state index is 0.108. The summed E-state index contributed by atoms with van der Waals surface area (Å²) in [5.41, 5.74) is -1.25. The molecule has 1 fully saturated rings. The van der Waals surface area contributed by atoms with Crippen LogP contribution in [0, 0.1) is 5.92 Å². The molecular formula is C15H26N2O9P2S. The number of methoxy groups -OCH3 is 1. The summed E-state index contributed by atoms with van der Waals surface area (Å²) < 4.78 is 29.1. The van der Waals surface area contributed by atoms with E-state index in [1.54, 1.807) is 13.8 Å². The number of rotatable bonds is 9. The lowest BCUT2D eigenvalue weighted by Crippen LogP contribution is -2.39. The highest BCUT2D eigenvalue weighted by atomic mass is 32.5. The van der Waals surface area contributed by atoms with Gasteiger partial charge in [0.05, 0.1) is 24.4 Å². The average Bonchev–Trinajstić information content (AvgIpc) is 2.87. The van der Waals surface area contributed by atoms with Crippen LogP contribution in [0.25, 0.3) is 0 Å². The van der Waals surface area contributed by atoms with Gasteiger partial charge in [-0.2, -0.15) is 0 Å². The summed E-state index contributed by atoms with van der Waals surface area (Å²) in [5.74, 6) is -0.393. The van der Waals surface area contributed by atoms with Crippen LogP contribution in [0.3, 0.4) is 0 Å². The Labute approximate surface area is 172 Å². The first-order valence-corrected chi connectivity index (χ1v) is 13.3. The standard InChI is InChI=1S/C15H26N2O9P2S/c1-9(2)25-28(23,29)26-14-11(17-6-4-12(18)16-15(17)19)8-10(13(14)24-3)5-7-27(20,21)22/h4,6,9-11,13-14H,5,7-8H2,1-3H3,(H,23,29)(H,16,18,19)(H2,20,21,22)/t10-,11-,13+,14-,28?/m0/s1. The van der Waals surface area contributed by atoms with Gasteiger partial charge in [0.2, 0.25) is 0 Å². The Hall–Kier alpha value is -0.680. The van der Waals surface area contributed by atoms with Gasteiger partial charge >= 0.3 is 20.0 Å². The molecule has 1 heterocycles. The van der Waals surface area contributed by atoms with E-state index in [1.807, 2.05) is 0 Å². The van der Waals surface area contributed by atoms with Gasteiger partial charge < -0.3 is 28.5 Å². The van der Waals surface area contributed by atoms with Crippen molar-refractivity contribution in [2.75, 3.05) is 13.3 Å². The number of hydrogen-bond acceptors (Lipinski definition) is 7. The predicted octanol–water partition coefficient (Wildman–Crippen LogP) is 0.707. The van der Waals surface area contributed by atoms with Crippen molar-refractivity contribution >= 4 is 26.1 Å². The third-order valence-electron chi connectivity index (χ3n) is 4.58. The highest BCUT2D eigenvalue weighted by molar-refractivity contribution is 8.07. The fourth-order valence-electron chi connectivity index (χ4n) is 3.54. The van der Waals surface area contributed by atoms with Gasteiger partial charge in [0.25, 0.3) is 5.56 Å². The van der Waals surface area contributed by atoms with Crippen molar-refractivity contribution in [3.8, 4) is 0 Å². The third kappa shape index (κ3) is 6.92. The Morgan fingerprint density at radius 1 is 1.31 bits per heavy atom. The van der Waals surface area contributed by atoms with Crippen molar-refractivity contribution in [1.82, 2.24) is 9.55 Å². The average molecular weight is 472 g/mol. The summed E-state index contributed by atoms with van der Waals surface area (Å²) in [6, 6.07) is 0.472. The Morgan fingerprint density at radius 2 is 1.97 bits per heavy atom. The quantitative estimate of drug-likeness (QED) is 0.377. The Morgan fingerprint density at radius 3 is 2.48 bits per heavy atom. The molecule has 1 aliphatic rings. The zero-order valence-corrected chi connectivity index (χ0v) is 18.8. The molecule has 1 saturated carbocycles. The second-order valence-corrected chi connectivity index (χ2v) is 11.7. The summed E-state index contributed by atoms with van der Waals surface area (Å²) in [5, 5.41) is 0. The normalized spacial score (nSPS) is 27.3. The van der Waals surface area contributed by atoms with E-state index in [-0.39, 0.29) is 19.0 Å². The second-order valence-electron chi connectivity index (χ2n) is 7.15. The smallest absolute Gasteiger partial charge is 0.328 e. The molecule has 1 unspecified atom stereocenters. The molecule has 1 aromatic heterocycles.